The van der Waals surface area contributed by atoms with E-state index >= 15 is 0 Å². The molecule has 0 aliphatic heterocycles. The van der Waals surface area contributed by atoms with Gasteiger partial charge in [-0.25, -0.2) is 4.79 Å². The Hall–Kier alpha value is -2.49. The number of aromatic carboxylic acids is 1. The number of carbonyl (C=O) groups is 1. The third kappa shape index (κ3) is 5.30. The average molecular weight is 328 g/mol. The second kappa shape index (κ2) is 7.86. The summed E-state index contributed by atoms with van der Waals surface area (Å²) in [5, 5.41) is 8.83. The quantitative estimate of drug-likeness (QED) is 0.759. The van der Waals surface area contributed by atoms with Gasteiger partial charge in [-0.15, -0.1) is 0 Å². The van der Waals surface area contributed by atoms with E-state index < -0.39 is 5.97 Å². The summed E-state index contributed by atoms with van der Waals surface area (Å²) < 4.78 is 11.3. The van der Waals surface area contributed by atoms with Crippen molar-refractivity contribution in [3.05, 3.63) is 59.7 Å². The highest BCUT2D eigenvalue weighted by Crippen LogP contribution is 2.24. The van der Waals surface area contributed by atoms with Crippen LogP contribution in [0.25, 0.3) is 0 Å². The molecule has 1 N–H and O–H groups in total. The highest BCUT2D eigenvalue weighted by atomic mass is 16.5. The van der Waals surface area contributed by atoms with E-state index in [4.69, 9.17) is 14.6 Å². The summed E-state index contributed by atoms with van der Waals surface area (Å²) in [7, 11) is 0. The summed E-state index contributed by atoms with van der Waals surface area (Å²) in [6, 6.07) is 14.6. The Balaban J connectivity index is 1.70. The molecule has 24 heavy (non-hydrogen) atoms. The van der Waals surface area contributed by atoms with Crippen LogP contribution in [0.3, 0.4) is 0 Å². The Morgan fingerprint density at radius 3 is 1.75 bits per heavy atom. The summed E-state index contributed by atoms with van der Waals surface area (Å²) in [5.41, 5.74) is 1.68. The third-order valence-electron chi connectivity index (χ3n) is 3.65. The molecule has 0 aliphatic carbocycles. The fourth-order valence-corrected chi connectivity index (χ4v) is 2.18. The van der Waals surface area contributed by atoms with Crippen LogP contribution in [0.2, 0.25) is 0 Å². The molecule has 2 aromatic carbocycles. The minimum atomic E-state index is -0.938. The average Bonchev–Trinajstić information content (AvgIpc) is 2.54. The van der Waals surface area contributed by atoms with E-state index in [1.54, 1.807) is 12.1 Å². The van der Waals surface area contributed by atoms with Crippen molar-refractivity contribution in [1.29, 1.82) is 0 Å². The first kappa shape index (κ1) is 17.9. The monoisotopic (exact) mass is 328 g/mol. The lowest BCUT2D eigenvalue weighted by atomic mass is 9.87. The van der Waals surface area contributed by atoms with Gasteiger partial charge in [0.25, 0.3) is 0 Å². The molecule has 0 spiro atoms. The number of hydrogen-bond donors (Lipinski definition) is 1. The summed E-state index contributed by atoms with van der Waals surface area (Å²) in [4.78, 5) is 10.8. The van der Waals surface area contributed by atoms with Crippen LogP contribution in [-0.2, 0) is 5.41 Å². The Bertz CT molecular complexity index is 652. The van der Waals surface area contributed by atoms with Crippen LogP contribution < -0.4 is 9.47 Å². The fraction of sp³-hybridized carbons (Fsp3) is 0.350. The molecule has 0 atom stereocenters. The maximum atomic E-state index is 10.8. The molecular weight excluding hydrogens is 304 g/mol. The van der Waals surface area contributed by atoms with Gasteiger partial charge in [0.05, 0.1) is 18.8 Å². The van der Waals surface area contributed by atoms with Gasteiger partial charge in [0.15, 0.2) is 0 Å². The van der Waals surface area contributed by atoms with E-state index in [-0.39, 0.29) is 11.0 Å². The van der Waals surface area contributed by atoms with Crippen LogP contribution in [0, 0.1) is 0 Å². The molecule has 0 aliphatic rings. The Kier molecular flexibility index (Phi) is 5.85. The molecule has 0 fully saturated rings. The molecule has 0 aromatic heterocycles. The first-order valence-corrected chi connectivity index (χ1v) is 8.06. The highest BCUT2D eigenvalue weighted by Gasteiger charge is 2.12. The van der Waals surface area contributed by atoms with Crippen LogP contribution in [0.4, 0.5) is 0 Å². The molecule has 0 bridgehead atoms. The van der Waals surface area contributed by atoms with Crippen molar-refractivity contribution in [1.82, 2.24) is 0 Å². The van der Waals surface area contributed by atoms with Gasteiger partial charge in [0.1, 0.15) is 11.5 Å². The molecule has 128 valence electrons. The lowest BCUT2D eigenvalue weighted by Gasteiger charge is -2.19. The molecule has 0 heterocycles. The number of carboxylic acids is 1. The second-order valence-electron chi connectivity index (χ2n) is 6.65. The van der Waals surface area contributed by atoms with Crippen LogP contribution >= 0.6 is 0 Å². The van der Waals surface area contributed by atoms with Crippen molar-refractivity contribution in [2.45, 2.75) is 32.6 Å². The molecule has 0 unspecified atom stereocenters. The van der Waals surface area contributed by atoms with Gasteiger partial charge in [-0.3, -0.25) is 0 Å². The van der Waals surface area contributed by atoms with Crippen molar-refractivity contribution in [2.75, 3.05) is 13.2 Å². The highest BCUT2D eigenvalue weighted by molar-refractivity contribution is 5.87. The number of ether oxygens (including phenoxy) is 2. The Labute approximate surface area is 143 Å². The Morgan fingerprint density at radius 2 is 1.33 bits per heavy atom. The van der Waals surface area contributed by atoms with E-state index in [1.807, 2.05) is 12.1 Å². The standard InChI is InChI=1S/C20H24O4/c1-20(2,3)16-7-11-18(12-8-16)24-14-4-13-23-17-9-5-15(6-10-17)19(21)22/h5-12H,4,13-14H2,1-3H3,(H,21,22). The molecule has 0 radical (unpaired) electrons. The largest absolute Gasteiger partial charge is 0.493 e. The maximum absolute atomic E-state index is 10.8. The fourth-order valence-electron chi connectivity index (χ4n) is 2.18. The van der Waals surface area contributed by atoms with E-state index in [0.717, 1.165) is 12.2 Å². The number of benzene rings is 2. The predicted octanol–water partition coefficient (Wildman–Crippen LogP) is 4.53. The molecule has 2 aromatic rings. The minimum Gasteiger partial charge on any atom is -0.493 e. The first-order chi connectivity index (χ1) is 11.4. The van der Waals surface area contributed by atoms with Crippen molar-refractivity contribution >= 4 is 5.97 Å². The molecule has 4 nitrogen and oxygen atoms in total. The molecule has 0 saturated heterocycles. The summed E-state index contributed by atoms with van der Waals surface area (Å²) in [5.74, 6) is 0.579. The van der Waals surface area contributed by atoms with Crippen molar-refractivity contribution < 1.29 is 19.4 Å². The van der Waals surface area contributed by atoms with Gasteiger partial charge in [0.2, 0.25) is 0 Å². The van der Waals surface area contributed by atoms with Gasteiger partial charge in [0, 0.05) is 6.42 Å². The summed E-state index contributed by atoms with van der Waals surface area (Å²) in [6.45, 7) is 7.64. The predicted molar refractivity (Wildman–Crippen MR) is 94.2 cm³/mol. The topological polar surface area (TPSA) is 55.8 Å². The lowest BCUT2D eigenvalue weighted by molar-refractivity contribution is 0.0697. The lowest BCUT2D eigenvalue weighted by Crippen LogP contribution is -2.10. The van der Waals surface area contributed by atoms with E-state index in [9.17, 15) is 4.79 Å². The second-order valence-corrected chi connectivity index (χ2v) is 6.65. The number of hydrogen-bond acceptors (Lipinski definition) is 3. The van der Waals surface area contributed by atoms with Gasteiger partial charge in [-0.05, 0) is 47.4 Å². The zero-order valence-corrected chi connectivity index (χ0v) is 14.4. The van der Waals surface area contributed by atoms with Crippen molar-refractivity contribution in [3.63, 3.8) is 0 Å². The van der Waals surface area contributed by atoms with Gasteiger partial charge >= 0.3 is 5.97 Å². The zero-order valence-electron chi connectivity index (χ0n) is 14.4. The van der Waals surface area contributed by atoms with Crippen LogP contribution in [0.15, 0.2) is 48.5 Å². The molecule has 2 rings (SSSR count). The number of carboxylic acid groups (broad SMARTS) is 1. The van der Waals surface area contributed by atoms with Crippen molar-refractivity contribution in [2.24, 2.45) is 0 Å². The third-order valence-corrected chi connectivity index (χ3v) is 3.65. The normalized spacial score (nSPS) is 11.1. The van der Waals surface area contributed by atoms with Gasteiger partial charge < -0.3 is 14.6 Å². The molecule has 0 amide bonds. The summed E-state index contributed by atoms with van der Waals surface area (Å²) in [6.07, 6.45) is 0.752. The SMILES string of the molecule is CC(C)(C)c1ccc(OCCCOc2ccc(C(=O)O)cc2)cc1. The van der Waals surface area contributed by atoms with E-state index in [2.05, 4.69) is 32.9 Å². The Morgan fingerprint density at radius 1 is 0.875 bits per heavy atom. The summed E-state index contributed by atoms with van der Waals surface area (Å²) >= 11 is 0. The minimum absolute atomic E-state index is 0.141. The van der Waals surface area contributed by atoms with Crippen LogP contribution in [0.1, 0.15) is 43.1 Å². The molecule has 4 heteroatoms. The van der Waals surface area contributed by atoms with E-state index in [1.165, 1.54) is 17.7 Å². The van der Waals surface area contributed by atoms with Crippen LogP contribution in [-0.4, -0.2) is 24.3 Å². The molecular formula is C20H24O4. The van der Waals surface area contributed by atoms with Crippen molar-refractivity contribution in [3.8, 4) is 11.5 Å². The maximum Gasteiger partial charge on any atom is 0.335 e. The van der Waals surface area contributed by atoms with Crippen LogP contribution in [0.5, 0.6) is 11.5 Å². The first-order valence-electron chi connectivity index (χ1n) is 8.06. The smallest absolute Gasteiger partial charge is 0.335 e. The zero-order chi connectivity index (χ0) is 17.6. The van der Waals surface area contributed by atoms with E-state index in [0.29, 0.717) is 19.0 Å². The number of rotatable bonds is 7. The molecule has 0 saturated carbocycles. The van der Waals surface area contributed by atoms with Gasteiger partial charge in [-0.1, -0.05) is 32.9 Å². The van der Waals surface area contributed by atoms with Gasteiger partial charge in [-0.2, -0.15) is 0 Å².